The van der Waals surface area contributed by atoms with Crippen LogP contribution in [-0.4, -0.2) is 17.6 Å². The van der Waals surface area contributed by atoms with Crippen molar-refractivity contribution in [1.29, 1.82) is 0 Å². The third-order valence-electron chi connectivity index (χ3n) is 4.09. The van der Waals surface area contributed by atoms with Crippen LogP contribution in [0.3, 0.4) is 0 Å². The Kier molecular flexibility index (Phi) is 3.39. The van der Waals surface area contributed by atoms with E-state index in [-0.39, 0.29) is 0 Å². The molecular formula is C14H19NO2S. The van der Waals surface area contributed by atoms with Crippen LogP contribution in [0.2, 0.25) is 0 Å². The molecule has 0 atom stereocenters. The normalized spacial score (nSPS) is 19.4. The number of carboxylic acids is 1. The largest absolute Gasteiger partial charge is 0.477 e. The van der Waals surface area contributed by atoms with Gasteiger partial charge >= 0.3 is 5.97 Å². The highest BCUT2D eigenvalue weighted by atomic mass is 32.1. The fraction of sp³-hybridized carbons (Fsp3) is 0.643. The lowest BCUT2D eigenvalue weighted by molar-refractivity contribution is 0.0701. The Labute approximate surface area is 111 Å². The molecule has 18 heavy (non-hydrogen) atoms. The highest BCUT2D eigenvalue weighted by molar-refractivity contribution is 7.12. The minimum absolute atomic E-state index is 0.483. The fourth-order valence-electron chi connectivity index (χ4n) is 2.80. The molecule has 3 nitrogen and oxygen atoms in total. The van der Waals surface area contributed by atoms with Gasteiger partial charge in [-0.3, -0.25) is 0 Å². The lowest BCUT2D eigenvalue weighted by Gasteiger charge is -2.16. The van der Waals surface area contributed by atoms with Crippen LogP contribution in [-0.2, 0) is 6.54 Å². The van der Waals surface area contributed by atoms with Gasteiger partial charge < -0.3 is 10.4 Å². The molecule has 98 valence electrons. The van der Waals surface area contributed by atoms with Gasteiger partial charge in [-0.25, -0.2) is 4.79 Å². The number of aromatic carboxylic acids is 1. The summed E-state index contributed by atoms with van der Waals surface area (Å²) in [5.74, 6) is 1.94. The molecule has 2 saturated carbocycles. The van der Waals surface area contributed by atoms with E-state index in [4.69, 9.17) is 5.11 Å². The van der Waals surface area contributed by atoms with E-state index in [1.807, 2.05) is 11.4 Å². The van der Waals surface area contributed by atoms with Gasteiger partial charge in [0.2, 0.25) is 0 Å². The Bertz CT molecular complexity index is 423. The van der Waals surface area contributed by atoms with Crippen LogP contribution < -0.4 is 5.32 Å². The van der Waals surface area contributed by atoms with E-state index in [2.05, 4.69) is 5.32 Å². The molecule has 0 amide bonds. The van der Waals surface area contributed by atoms with Crippen molar-refractivity contribution < 1.29 is 9.90 Å². The first kappa shape index (κ1) is 12.2. The maximum atomic E-state index is 11.0. The number of rotatable bonds is 7. The van der Waals surface area contributed by atoms with Crippen molar-refractivity contribution in [2.75, 3.05) is 6.54 Å². The van der Waals surface area contributed by atoms with Crippen molar-refractivity contribution in [3.63, 3.8) is 0 Å². The van der Waals surface area contributed by atoms with Gasteiger partial charge in [0.1, 0.15) is 4.88 Å². The van der Waals surface area contributed by atoms with Crippen molar-refractivity contribution in [3.05, 3.63) is 21.9 Å². The molecule has 0 bridgehead atoms. The summed E-state index contributed by atoms with van der Waals surface area (Å²) < 4.78 is 0. The van der Waals surface area contributed by atoms with Crippen molar-refractivity contribution >= 4 is 17.3 Å². The Balaban J connectivity index is 1.51. The number of hydrogen-bond acceptors (Lipinski definition) is 3. The Hall–Kier alpha value is -0.870. The number of thiophene rings is 1. The van der Waals surface area contributed by atoms with Gasteiger partial charge in [0, 0.05) is 6.54 Å². The predicted molar refractivity (Wildman–Crippen MR) is 71.9 cm³/mol. The van der Waals surface area contributed by atoms with Crippen LogP contribution in [0.5, 0.6) is 0 Å². The van der Waals surface area contributed by atoms with E-state index in [9.17, 15) is 4.79 Å². The van der Waals surface area contributed by atoms with Crippen LogP contribution in [0.4, 0.5) is 0 Å². The number of carbonyl (C=O) groups is 1. The van der Waals surface area contributed by atoms with Gasteiger partial charge in [0.25, 0.3) is 0 Å². The van der Waals surface area contributed by atoms with Gasteiger partial charge in [0.15, 0.2) is 0 Å². The molecule has 0 spiro atoms. The maximum Gasteiger partial charge on any atom is 0.346 e. The van der Waals surface area contributed by atoms with Gasteiger partial charge in [-0.2, -0.15) is 0 Å². The second-order valence-corrected chi connectivity index (χ2v) is 6.47. The van der Waals surface area contributed by atoms with Crippen LogP contribution >= 0.6 is 11.3 Å². The molecule has 1 aromatic heterocycles. The third-order valence-corrected chi connectivity index (χ3v) is 5.04. The van der Waals surface area contributed by atoms with Crippen molar-refractivity contribution in [2.45, 2.75) is 32.2 Å². The summed E-state index contributed by atoms with van der Waals surface area (Å²) in [6.45, 7) is 1.76. The molecule has 1 aromatic rings. The fourth-order valence-corrected chi connectivity index (χ4v) is 3.56. The van der Waals surface area contributed by atoms with Crippen molar-refractivity contribution in [3.8, 4) is 0 Å². The van der Waals surface area contributed by atoms with E-state index in [0.29, 0.717) is 11.4 Å². The molecule has 0 saturated heterocycles. The zero-order chi connectivity index (χ0) is 12.5. The standard InChI is InChI=1S/C14H19NO2S/c16-14(17)13-11(5-6-18-13)7-15-8-12(9-1-2-9)10-3-4-10/h5-6,9-10,12,15H,1-4,7-8H2,(H,16,17). The highest BCUT2D eigenvalue weighted by Crippen LogP contribution is 2.48. The summed E-state index contributed by atoms with van der Waals surface area (Å²) in [4.78, 5) is 11.5. The topological polar surface area (TPSA) is 49.3 Å². The molecule has 0 radical (unpaired) electrons. The Morgan fingerprint density at radius 3 is 2.61 bits per heavy atom. The average molecular weight is 265 g/mol. The highest BCUT2D eigenvalue weighted by Gasteiger charge is 2.40. The minimum Gasteiger partial charge on any atom is -0.477 e. The van der Waals surface area contributed by atoms with E-state index < -0.39 is 5.97 Å². The van der Waals surface area contributed by atoms with Gasteiger partial charge in [0.05, 0.1) is 0 Å². The Morgan fingerprint density at radius 2 is 2.06 bits per heavy atom. The molecule has 2 fully saturated rings. The minimum atomic E-state index is -0.803. The number of hydrogen-bond donors (Lipinski definition) is 2. The molecule has 2 aliphatic carbocycles. The lowest BCUT2D eigenvalue weighted by atomic mass is 9.98. The Morgan fingerprint density at radius 1 is 1.39 bits per heavy atom. The summed E-state index contributed by atoms with van der Waals surface area (Å²) >= 11 is 1.31. The molecule has 0 unspecified atom stereocenters. The second kappa shape index (κ2) is 5.02. The van der Waals surface area contributed by atoms with Crippen LogP contribution in [0, 0.1) is 17.8 Å². The molecular weight excluding hydrogens is 246 g/mol. The number of nitrogens with one attached hydrogen (secondary N) is 1. The first-order valence-electron chi connectivity index (χ1n) is 6.76. The van der Waals surface area contributed by atoms with Crippen molar-refractivity contribution in [2.24, 2.45) is 17.8 Å². The molecule has 4 heteroatoms. The second-order valence-electron chi connectivity index (χ2n) is 5.55. The van der Waals surface area contributed by atoms with Gasteiger partial charge in [-0.1, -0.05) is 0 Å². The van der Waals surface area contributed by atoms with Crippen LogP contribution in [0.15, 0.2) is 11.4 Å². The quantitative estimate of drug-likeness (QED) is 0.797. The van der Waals surface area contributed by atoms with Crippen LogP contribution in [0.25, 0.3) is 0 Å². The monoisotopic (exact) mass is 265 g/mol. The molecule has 2 N–H and O–H groups in total. The summed E-state index contributed by atoms with van der Waals surface area (Å²) in [6.07, 6.45) is 5.62. The van der Waals surface area contributed by atoms with Crippen molar-refractivity contribution in [1.82, 2.24) is 5.32 Å². The predicted octanol–water partition coefficient (Wildman–Crippen LogP) is 2.97. The molecule has 0 aliphatic heterocycles. The summed E-state index contributed by atoms with van der Waals surface area (Å²) in [5.41, 5.74) is 0.929. The van der Waals surface area contributed by atoms with E-state index in [0.717, 1.165) is 29.9 Å². The molecule has 3 rings (SSSR count). The summed E-state index contributed by atoms with van der Waals surface area (Å²) in [7, 11) is 0. The zero-order valence-electron chi connectivity index (χ0n) is 10.4. The SMILES string of the molecule is O=C(O)c1sccc1CNCC(C1CC1)C1CC1. The molecule has 2 aliphatic rings. The van der Waals surface area contributed by atoms with E-state index >= 15 is 0 Å². The van der Waals surface area contributed by atoms with E-state index in [1.54, 1.807) is 0 Å². The first-order chi connectivity index (χ1) is 8.75. The van der Waals surface area contributed by atoms with Gasteiger partial charge in [-0.05, 0) is 67.0 Å². The molecule has 1 heterocycles. The summed E-state index contributed by atoms with van der Waals surface area (Å²) in [5, 5.41) is 14.4. The van der Waals surface area contributed by atoms with Crippen LogP contribution in [0.1, 0.15) is 40.9 Å². The smallest absolute Gasteiger partial charge is 0.346 e. The zero-order valence-corrected chi connectivity index (χ0v) is 11.2. The maximum absolute atomic E-state index is 11.0. The third kappa shape index (κ3) is 2.75. The van der Waals surface area contributed by atoms with E-state index in [1.165, 1.54) is 37.0 Å². The first-order valence-corrected chi connectivity index (χ1v) is 7.64. The van der Waals surface area contributed by atoms with Gasteiger partial charge in [-0.15, -0.1) is 11.3 Å². The number of carboxylic acid groups (broad SMARTS) is 1. The summed E-state index contributed by atoms with van der Waals surface area (Å²) in [6, 6.07) is 1.92. The average Bonchev–Trinajstić information content (AvgIpc) is 3.24. The molecule has 0 aromatic carbocycles. The lowest BCUT2D eigenvalue weighted by Crippen LogP contribution is -2.25.